The van der Waals surface area contributed by atoms with Gasteiger partial charge in [0.2, 0.25) is 0 Å². The molecule has 7 aromatic rings. The number of fused-ring (bicyclic) bond motifs is 8. The number of nitrogens with one attached hydrogen (secondary N) is 2. The van der Waals surface area contributed by atoms with E-state index in [1.54, 1.807) is 72.8 Å². The molecule has 0 atom stereocenters. The average Bonchev–Trinajstić information content (AvgIpc) is 4.08. The third-order valence-electron chi connectivity index (χ3n) is 10.6. The monoisotopic (exact) mass is 1000 g/mol. The molecule has 9 rings (SSSR count). The number of rotatable bonds is 8. The van der Waals surface area contributed by atoms with Crippen molar-refractivity contribution in [1.29, 1.82) is 0 Å². The molecule has 0 aliphatic carbocycles. The van der Waals surface area contributed by atoms with E-state index in [4.69, 9.17) is 9.97 Å². The molecule has 65 heavy (non-hydrogen) atoms. The van der Waals surface area contributed by atoms with Gasteiger partial charge in [-0.05, 0) is 119 Å². The minimum Gasteiger partial charge on any atom is -0.354 e. The topological polar surface area (TPSA) is 287 Å². The molecule has 5 heterocycles. The van der Waals surface area contributed by atoms with Crippen molar-refractivity contribution in [3.63, 3.8) is 0 Å². The molecule has 21 heteroatoms. The van der Waals surface area contributed by atoms with Crippen molar-refractivity contribution in [3.05, 3.63) is 144 Å². The molecule has 10 N–H and O–H groups in total. The Labute approximate surface area is 384 Å². The molecular formula is C44H34CuN4O12S4. The molecule has 3 aromatic heterocycles. The summed E-state index contributed by atoms with van der Waals surface area (Å²) in [5.41, 5.74) is 8.06. The van der Waals surface area contributed by atoms with Gasteiger partial charge in [0.15, 0.2) is 0 Å². The van der Waals surface area contributed by atoms with Crippen LogP contribution in [0.5, 0.6) is 0 Å². The Kier molecular flexibility index (Phi) is 11.9. The van der Waals surface area contributed by atoms with E-state index in [1.165, 1.54) is 72.8 Å². The summed E-state index contributed by atoms with van der Waals surface area (Å²) >= 11 is 0. The Morgan fingerprint density at radius 3 is 0.738 bits per heavy atom. The summed E-state index contributed by atoms with van der Waals surface area (Å²) < 4.78 is 128. The fraction of sp³-hybridized carbons (Fsp3) is 0. The molecule has 0 spiro atoms. The van der Waals surface area contributed by atoms with Crippen LogP contribution in [0.25, 0.3) is 90.9 Å². The van der Waals surface area contributed by atoms with E-state index in [9.17, 15) is 53.3 Å². The summed E-state index contributed by atoms with van der Waals surface area (Å²) in [4.78, 5) is 16.3. The van der Waals surface area contributed by atoms with Crippen LogP contribution in [0.4, 0.5) is 0 Å². The van der Waals surface area contributed by atoms with Gasteiger partial charge in [0.05, 0.1) is 42.4 Å². The summed E-state index contributed by atoms with van der Waals surface area (Å²) in [7, 11) is -17.1. The van der Waals surface area contributed by atoms with Gasteiger partial charge >= 0.3 is 0 Å². The van der Waals surface area contributed by atoms with Gasteiger partial charge in [0.1, 0.15) is 21.7 Å². The van der Waals surface area contributed by atoms with Crippen LogP contribution in [0.2, 0.25) is 0 Å². The Bertz CT molecular complexity index is 3260. The summed E-state index contributed by atoms with van der Waals surface area (Å²) in [5, 5.41) is 0. The number of hydrogen-bond donors (Lipinski definition) is 10. The van der Waals surface area contributed by atoms with Crippen molar-refractivity contribution in [2.45, 2.75) is 19.6 Å². The van der Waals surface area contributed by atoms with Crippen molar-refractivity contribution in [2.75, 3.05) is 0 Å². The van der Waals surface area contributed by atoms with E-state index in [0.29, 0.717) is 89.4 Å². The van der Waals surface area contributed by atoms with Crippen molar-refractivity contribution in [3.8, 4) is 44.5 Å². The first-order valence-corrected chi connectivity index (χ1v) is 24.7. The maximum atomic E-state index is 12.0. The van der Waals surface area contributed by atoms with Gasteiger partial charge in [-0.25, -0.2) is 9.97 Å². The van der Waals surface area contributed by atoms with Crippen LogP contribution >= 0.6 is 21.7 Å². The number of H-pyrrole nitrogens is 2. The maximum absolute atomic E-state index is 12.0. The predicted molar refractivity (Wildman–Crippen MR) is 248 cm³/mol. The van der Waals surface area contributed by atoms with E-state index in [2.05, 4.69) is 9.97 Å². The van der Waals surface area contributed by atoms with Crippen LogP contribution < -0.4 is 0 Å². The fourth-order valence-corrected chi connectivity index (χ4v) is 9.58. The molecule has 0 saturated carbocycles. The normalized spacial score (nSPS) is 13.4. The SMILES string of the molecule is O=S(=O)(O)c1ccc(-c2c3nc(c(-c4ccc(S(O)(O)O)cc4)c4ccc([nH]4)c(-c4ccc(S(O)(O)O)cc4)c4nc(c(-c5ccc(S(=O)(=O)O)cc5)c5ccc2[nH]5)C=C4)C=C3)cc1.[Cu]. The van der Waals surface area contributed by atoms with E-state index in [-0.39, 0.29) is 36.7 Å². The maximum Gasteiger partial charge on any atom is 0.294 e. The van der Waals surface area contributed by atoms with Crippen molar-refractivity contribution in [2.24, 2.45) is 0 Å². The quantitative estimate of drug-likeness (QED) is 0.0501. The van der Waals surface area contributed by atoms with Gasteiger partial charge in [-0.15, -0.1) is 0 Å². The summed E-state index contributed by atoms with van der Waals surface area (Å²) in [5.74, 6) is 0. The molecule has 1 radical (unpaired) electrons. The number of aromatic amines is 2. The van der Waals surface area contributed by atoms with Gasteiger partial charge in [0, 0.05) is 61.4 Å². The molecule has 2 aliphatic heterocycles. The third kappa shape index (κ3) is 9.12. The Hall–Kier alpha value is -5.72. The molecule has 16 nitrogen and oxygen atoms in total. The first-order valence-electron chi connectivity index (χ1n) is 18.8. The zero-order valence-corrected chi connectivity index (χ0v) is 37.1. The predicted octanol–water partition coefficient (Wildman–Crippen LogP) is 11.0. The minimum absolute atomic E-state index is 0. The molecule has 337 valence electrons. The van der Waals surface area contributed by atoms with Crippen LogP contribution in [-0.4, -0.2) is 73.2 Å². The zero-order chi connectivity index (χ0) is 45.3. The van der Waals surface area contributed by atoms with Crippen molar-refractivity contribution >= 4 is 88.3 Å². The fourth-order valence-electron chi connectivity index (χ4n) is 7.62. The first kappa shape index (κ1) is 45.8. The van der Waals surface area contributed by atoms with Crippen LogP contribution in [0.3, 0.4) is 0 Å². The van der Waals surface area contributed by atoms with Crippen LogP contribution in [0.1, 0.15) is 22.8 Å². The van der Waals surface area contributed by atoms with Gasteiger partial charge in [-0.2, -0.15) is 16.8 Å². The summed E-state index contributed by atoms with van der Waals surface area (Å²) in [6, 6.07) is 30.2. The number of benzene rings is 4. The second-order valence-electron chi connectivity index (χ2n) is 14.6. The molecule has 4 aromatic carbocycles. The standard InChI is InChI=1S/C44H34N4O12S4.Cu/c49-61(50,51)29-9-1-25(2-10-29)41-33-17-19-35(45-33)42(26-3-11-30(12-4-26)62(52,53)54)37-21-23-39(47-37)44(28-7-15-32(16-8-28)64(58,59)60)40-24-22-38(48-40)43(36-20-18-34(41)46-36)27-5-13-31(14-6-27)63(55,56)57;/h1-24,45,48-54H,(H,55,56,57)(H,58,59,60);. The summed E-state index contributed by atoms with van der Waals surface area (Å²) in [6.45, 7) is 0. The van der Waals surface area contributed by atoms with E-state index >= 15 is 0 Å². The smallest absolute Gasteiger partial charge is 0.294 e. The molecule has 2 aliphatic rings. The Morgan fingerprint density at radius 2 is 0.538 bits per heavy atom. The van der Waals surface area contributed by atoms with Gasteiger partial charge < -0.3 is 37.3 Å². The molecule has 8 bridgehead atoms. The largest absolute Gasteiger partial charge is 0.354 e. The second-order valence-corrected chi connectivity index (χ2v) is 20.4. The molecule has 0 fully saturated rings. The molecule has 0 saturated heterocycles. The second kappa shape index (κ2) is 16.9. The van der Waals surface area contributed by atoms with Gasteiger partial charge in [0.25, 0.3) is 20.2 Å². The first-order chi connectivity index (χ1) is 30.2. The van der Waals surface area contributed by atoms with Crippen molar-refractivity contribution < 1.29 is 70.3 Å². The summed E-state index contributed by atoms with van der Waals surface area (Å²) in [6.07, 6.45) is 7.05. The van der Waals surface area contributed by atoms with E-state index in [1.807, 2.05) is 0 Å². The number of hydrogen-bond acceptors (Lipinski definition) is 12. The van der Waals surface area contributed by atoms with Crippen LogP contribution in [-0.2, 0) is 37.3 Å². The Morgan fingerprint density at radius 1 is 0.323 bits per heavy atom. The zero-order valence-electron chi connectivity index (χ0n) is 32.9. The molecule has 0 unspecified atom stereocenters. The molecular weight excluding hydrogens is 968 g/mol. The number of aromatic nitrogens is 4. The Balaban J connectivity index is 0.00000576. The average molecular weight is 1000 g/mol. The van der Waals surface area contributed by atoms with Gasteiger partial charge in [-0.1, -0.05) is 48.5 Å². The third-order valence-corrected chi connectivity index (χ3v) is 14.1. The minimum atomic E-state index is -4.53. The van der Waals surface area contributed by atoms with Crippen LogP contribution in [0.15, 0.2) is 141 Å². The van der Waals surface area contributed by atoms with E-state index < -0.39 is 42.0 Å². The van der Waals surface area contributed by atoms with Crippen molar-refractivity contribution in [1.82, 2.24) is 19.9 Å². The molecule has 0 amide bonds. The number of nitrogens with zero attached hydrogens (tertiary/aromatic N) is 2. The van der Waals surface area contributed by atoms with Gasteiger partial charge in [-0.3, -0.25) is 9.11 Å². The van der Waals surface area contributed by atoms with Crippen LogP contribution in [0, 0.1) is 0 Å². The van der Waals surface area contributed by atoms with E-state index in [0.717, 1.165) is 0 Å².